The van der Waals surface area contributed by atoms with Crippen molar-refractivity contribution in [2.75, 3.05) is 19.6 Å². The van der Waals surface area contributed by atoms with Crippen molar-refractivity contribution in [3.8, 4) is 0 Å². The molecule has 2 aromatic heterocycles. The lowest BCUT2D eigenvalue weighted by Gasteiger charge is -2.36. The first-order valence-electron chi connectivity index (χ1n) is 13.1. The number of imide groups is 1. The number of carbonyl (C=O) groups excluding carboxylic acids is 2. The number of aryl methyl sites for hydroxylation is 1. The standard InChI is InChI=1S/C30H30N4O2/c1-32-18-24(22-7-3-5-9-26(22)32)28-27(23-16-31-25-8-4-2-6-21(23)25)29(35)34(30(28)36)20-12-14-33(15-13-20)17-19-10-11-19/h2-9,16,18-20,31H,10-15,17H2,1H3. The smallest absolute Gasteiger partial charge is 0.262 e. The minimum absolute atomic E-state index is 0.0619. The number of amides is 2. The third kappa shape index (κ3) is 3.35. The lowest BCUT2D eigenvalue weighted by atomic mass is 9.95. The first-order chi connectivity index (χ1) is 17.6. The van der Waals surface area contributed by atoms with E-state index in [0.29, 0.717) is 11.1 Å². The largest absolute Gasteiger partial charge is 0.361 e. The molecule has 0 bridgehead atoms. The van der Waals surface area contributed by atoms with Crippen molar-refractivity contribution in [1.29, 1.82) is 0 Å². The molecule has 36 heavy (non-hydrogen) atoms. The number of likely N-dealkylation sites (tertiary alicyclic amines) is 1. The summed E-state index contributed by atoms with van der Waals surface area (Å²) in [4.78, 5) is 35.8. The first-order valence-corrected chi connectivity index (χ1v) is 13.1. The lowest BCUT2D eigenvalue weighted by molar-refractivity contribution is -0.139. The van der Waals surface area contributed by atoms with E-state index in [1.165, 1.54) is 12.8 Å². The number of carbonyl (C=O) groups is 2. The predicted molar refractivity (Wildman–Crippen MR) is 142 cm³/mol. The van der Waals surface area contributed by atoms with Gasteiger partial charge in [-0.2, -0.15) is 0 Å². The highest BCUT2D eigenvalue weighted by molar-refractivity contribution is 6.50. The summed E-state index contributed by atoms with van der Waals surface area (Å²) >= 11 is 0. The van der Waals surface area contributed by atoms with Crippen LogP contribution in [0.3, 0.4) is 0 Å². The number of para-hydroxylation sites is 2. The van der Waals surface area contributed by atoms with Crippen LogP contribution >= 0.6 is 0 Å². The van der Waals surface area contributed by atoms with Crippen LogP contribution in [0.2, 0.25) is 0 Å². The normalized spacial score (nSPS) is 20.0. The molecule has 2 fully saturated rings. The molecule has 2 aromatic carbocycles. The third-order valence-corrected chi connectivity index (χ3v) is 8.28. The van der Waals surface area contributed by atoms with Gasteiger partial charge in [0, 0.05) is 78.1 Å². The van der Waals surface area contributed by atoms with Crippen molar-refractivity contribution >= 4 is 44.8 Å². The molecule has 0 atom stereocenters. The van der Waals surface area contributed by atoms with E-state index in [0.717, 1.165) is 71.3 Å². The number of hydrogen-bond acceptors (Lipinski definition) is 3. The topological polar surface area (TPSA) is 61.3 Å². The zero-order valence-corrected chi connectivity index (χ0v) is 20.5. The molecule has 1 N–H and O–H groups in total. The Hall–Kier alpha value is -3.64. The van der Waals surface area contributed by atoms with Crippen LogP contribution in [0.5, 0.6) is 0 Å². The molecule has 2 aliphatic heterocycles. The van der Waals surface area contributed by atoms with Crippen molar-refractivity contribution in [3.63, 3.8) is 0 Å². The van der Waals surface area contributed by atoms with Gasteiger partial charge in [0.2, 0.25) is 0 Å². The molecule has 1 aliphatic carbocycles. The van der Waals surface area contributed by atoms with E-state index in [1.54, 1.807) is 4.90 Å². The maximum absolute atomic E-state index is 14.2. The second kappa shape index (κ2) is 8.20. The van der Waals surface area contributed by atoms with Crippen LogP contribution in [0.1, 0.15) is 36.8 Å². The van der Waals surface area contributed by atoms with E-state index in [-0.39, 0.29) is 17.9 Å². The molecule has 7 rings (SSSR count). The lowest BCUT2D eigenvalue weighted by Crippen LogP contribution is -2.48. The summed E-state index contributed by atoms with van der Waals surface area (Å²) in [6.07, 6.45) is 8.26. The van der Waals surface area contributed by atoms with Gasteiger partial charge in [-0.3, -0.25) is 14.5 Å². The van der Waals surface area contributed by atoms with Gasteiger partial charge in [0.25, 0.3) is 11.8 Å². The summed E-state index contributed by atoms with van der Waals surface area (Å²) in [6.45, 7) is 3.06. The highest BCUT2D eigenvalue weighted by Crippen LogP contribution is 2.42. The molecule has 1 saturated carbocycles. The third-order valence-electron chi connectivity index (χ3n) is 8.28. The Balaban J connectivity index is 1.34. The molecule has 0 spiro atoms. The molecule has 1 saturated heterocycles. The summed E-state index contributed by atoms with van der Waals surface area (Å²) in [6, 6.07) is 16.0. The molecular weight excluding hydrogens is 448 g/mol. The van der Waals surface area contributed by atoms with Gasteiger partial charge in [0.1, 0.15) is 0 Å². The molecular formula is C30H30N4O2. The van der Waals surface area contributed by atoms with Gasteiger partial charge in [-0.25, -0.2) is 0 Å². The molecule has 2 amide bonds. The molecule has 6 nitrogen and oxygen atoms in total. The van der Waals surface area contributed by atoms with E-state index in [2.05, 4.69) is 16.0 Å². The number of nitrogens with one attached hydrogen (secondary N) is 1. The van der Waals surface area contributed by atoms with Crippen LogP contribution in [-0.4, -0.2) is 56.8 Å². The maximum Gasteiger partial charge on any atom is 0.262 e. The second-order valence-electron chi connectivity index (χ2n) is 10.6. The Morgan fingerprint density at radius 2 is 1.50 bits per heavy atom. The highest BCUT2D eigenvalue weighted by Gasteiger charge is 2.45. The number of aromatic amines is 1. The summed E-state index contributed by atoms with van der Waals surface area (Å²) in [5.41, 5.74) is 4.70. The van der Waals surface area contributed by atoms with Gasteiger partial charge in [0.05, 0.1) is 11.1 Å². The Bertz CT molecular complexity index is 1550. The zero-order chi connectivity index (χ0) is 24.4. The van der Waals surface area contributed by atoms with Gasteiger partial charge in [-0.1, -0.05) is 36.4 Å². The number of hydrogen-bond donors (Lipinski definition) is 1. The fourth-order valence-corrected chi connectivity index (χ4v) is 6.22. The maximum atomic E-state index is 14.2. The molecule has 4 aromatic rings. The van der Waals surface area contributed by atoms with Crippen molar-refractivity contribution in [2.24, 2.45) is 13.0 Å². The Morgan fingerprint density at radius 1 is 0.833 bits per heavy atom. The van der Waals surface area contributed by atoms with Crippen LogP contribution in [0.25, 0.3) is 33.0 Å². The fourth-order valence-electron chi connectivity index (χ4n) is 6.22. The Kier molecular flexibility index (Phi) is 4.93. The highest BCUT2D eigenvalue weighted by atomic mass is 16.2. The van der Waals surface area contributed by atoms with Gasteiger partial charge in [0.15, 0.2) is 0 Å². The summed E-state index contributed by atoms with van der Waals surface area (Å²) in [5.74, 6) is 0.537. The minimum atomic E-state index is -0.159. The Labute approximate surface area is 210 Å². The summed E-state index contributed by atoms with van der Waals surface area (Å²) < 4.78 is 2.04. The number of rotatable bonds is 5. The van der Waals surface area contributed by atoms with E-state index < -0.39 is 0 Å². The van der Waals surface area contributed by atoms with E-state index in [1.807, 2.05) is 66.5 Å². The van der Waals surface area contributed by atoms with Gasteiger partial charge in [-0.05, 0) is 43.7 Å². The molecule has 182 valence electrons. The quantitative estimate of drug-likeness (QED) is 0.419. The number of aromatic nitrogens is 2. The number of nitrogens with zero attached hydrogens (tertiary/aromatic N) is 3. The van der Waals surface area contributed by atoms with Crippen molar-refractivity contribution in [2.45, 2.75) is 31.7 Å². The van der Waals surface area contributed by atoms with Crippen molar-refractivity contribution in [1.82, 2.24) is 19.4 Å². The molecule has 6 heteroatoms. The molecule has 0 radical (unpaired) electrons. The van der Waals surface area contributed by atoms with Gasteiger partial charge in [-0.15, -0.1) is 0 Å². The van der Waals surface area contributed by atoms with Crippen molar-refractivity contribution in [3.05, 3.63) is 72.1 Å². The average molecular weight is 479 g/mol. The van der Waals surface area contributed by atoms with Crippen LogP contribution in [0.15, 0.2) is 60.9 Å². The predicted octanol–water partition coefficient (Wildman–Crippen LogP) is 4.81. The minimum Gasteiger partial charge on any atom is -0.361 e. The molecule has 4 heterocycles. The number of benzene rings is 2. The SMILES string of the molecule is Cn1cc(C2=C(c3c[nH]c4ccccc34)C(=O)N(C3CCN(CC4CC4)CC3)C2=O)c2ccccc21. The first kappa shape index (κ1) is 21.6. The van der Waals surface area contributed by atoms with Crippen molar-refractivity contribution < 1.29 is 9.59 Å². The summed E-state index contributed by atoms with van der Waals surface area (Å²) in [5, 5.41) is 1.96. The number of H-pyrrole nitrogens is 1. The molecule has 0 unspecified atom stereocenters. The van der Waals surface area contributed by atoms with Gasteiger partial charge >= 0.3 is 0 Å². The van der Waals surface area contributed by atoms with Crippen LogP contribution < -0.4 is 0 Å². The van der Waals surface area contributed by atoms with E-state index in [4.69, 9.17) is 0 Å². The second-order valence-corrected chi connectivity index (χ2v) is 10.6. The fraction of sp³-hybridized carbons (Fsp3) is 0.333. The van der Waals surface area contributed by atoms with Crippen LogP contribution in [0, 0.1) is 5.92 Å². The zero-order valence-electron chi connectivity index (χ0n) is 20.5. The Morgan fingerprint density at radius 3 is 2.25 bits per heavy atom. The van der Waals surface area contributed by atoms with E-state index in [9.17, 15) is 9.59 Å². The van der Waals surface area contributed by atoms with Gasteiger partial charge < -0.3 is 14.5 Å². The van der Waals surface area contributed by atoms with Crippen LogP contribution in [-0.2, 0) is 16.6 Å². The number of fused-ring (bicyclic) bond motifs is 2. The van der Waals surface area contributed by atoms with E-state index >= 15 is 0 Å². The average Bonchev–Trinajstić information content (AvgIpc) is 3.43. The monoisotopic (exact) mass is 478 g/mol. The summed E-state index contributed by atoms with van der Waals surface area (Å²) in [7, 11) is 1.99. The molecule has 3 aliphatic rings. The number of piperidine rings is 1. The van der Waals surface area contributed by atoms with Crippen LogP contribution in [0.4, 0.5) is 0 Å².